The molecule has 0 aliphatic carbocycles. The van der Waals surface area contributed by atoms with E-state index in [1.807, 2.05) is 6.92 Å². The molecule has 2 amide bonds. The number of amides is 2. The van der Waals surface area contributed by atoms with Gasteiger partial charge in [-0.3, -0.25) is 9.59 Å². The first kappa shape index (κ1) is 26.9. The average molecular weight is 514 g/mol. The zero-order chi connectivity index (χ0) is 26.1. The number of nitrogens with zero attached hydrogens (tertiary/aromatic N) is 3. The normalized spacial score (nSPS) is 17.4. The Morgan fingerprint density at radius 3 is 2.54 bits per heavy atom. The third-order valence-corrected chi connectivity index (χ3v) is 6.44. The summed E-state index contributed by atoms with van der Waals surface area (Å²) in [6.07, 6.45) is -2.96. The van der Waals surface area contributed by atoms with Crippen molar-refractivity contribution in [2.45, 2.75) is 71.3 Å². The minimum Gasteiger partial charge on any atom is -0.392 e. The van der Waals surface area contributed by atoms with E-state index in [-0.39, 0.29) is 39.5 Å². The predicted octanol–water partition coefficient (Wildman–Crippen LogP) is 4.17. The van der Waals surface area contributed by atoms with Gasteiger partial charge in [-0.25, -0.2) is 9.97 Å². The largest absolute Gasteiger partial charge is 0.417 e. The summed E-state index contributed by atoms with van der Waals surface area (Å²) in [5, 5.41) is 14.7. The molecule has 35 heavy (non-hydrogen) atoms. The van der Waals surface area contributed by atoms with Crippen molar-refractivity contribution in [2.75, 3.05) is 18.4 Å². The third-order valence-electron chi connectivity index (χ3n) is 5.35. The number of aliphatic hydroxyl groups excluding tert-OH is 1. The number of aliphatic hydroxyl groups is 1. The topological polar surface area (TPSA) is 107 Å². The maximum atomic E-state index is 14.1. The van der Waals surface area contributed by atoms with Gasteiger partial charge in [0, 0.05) is 36.4 Å². The fourth-order valence-corrected chi connectivity index (χ4v) is 4.75. The van der Waals surface area contributed by atoms with Crippen molar-refractivity contribution in [1.29, 1.82) is 0 Å². The first-order valence-electron chi connectivity index (χ1n) is 11.3. The number of anilines is 1. The fraction of sp³-hybridized carbons (Fsp3) is 0.565. The van der Waals surface area contributed by atoms with Gasteiger partial charge in [-0.2, -0.15) is 13.2 Å². The second-order valence-corrected chi connectivity index (χ2v) is 10.7. The Morgan fingerprint density at radius 2 is 2.00 bits per heavy atom. The number of nitrogens with one attached hydrogen (secondary N) is 2. The van der Waals surface area contributed by atoms with Gasteiger partial charge in [0.25, 0.3) is 11.8 Å². The summed E-state index contributed by atoms with van der Waals surface area (Å²) < 4.78 is 42.4. The zero-order valence-electron chi connectivity index (χ0n) is 20.3. The van der Waals surface area contributed by atoms with E-state index < -0.39 is 35.2 Å². The van der Waals surface area contributed by atoms with Crippen molar-refractivity contribution >= 4 is 29.0 Å². The number of halogens is 3. The van der Waals surface area contributed by atoms with Crippen LogP contribution in [0.25, 0.3) is 10.4 Å². The Kier molecular flexibility index (Phi) is 7.75. The molecule has 0 bridgehead atoms. The summed E-state index contributed by atoms with van der Waals surface area (Å²) in [7, 11) is 0. The van der Waals surface area contributed by atoms with E-state index in [0.717, 1.165) is 25.1 Å². The molecule has 2 unspecified atom stereocenters. The van der Waals surface area contributed by atoms with Gasteiger partial charge in [0.2, 0.25) is 0 Å². The van der Waals surface area contributed by atoms with Crippen LogP contribution in [-0.2, 0) is 6.18 Å². The Hall–Kier alpha value is -2.73. The van der Waals surface area contributed by atoms with Crippen LogP contribution in [0.2, 0.25) is 0 Å². The molecule has 3 rings (SSSR count). The van der Waals surface area contributed by atoms with E-state index in [2.05, 4.69) is 20.6 Å². The molecule has 1 aliphatic rings. The quantitative estimate of drug-likeness (QED) is 0.535. The first-order chi connectivity index (χ1) is 16.2. The van der Waals surface area contributed by atoms with Gasteiger partial charge in [-0.15, -0.1) is 11.3 Å². The van der Waals surface area contributed by atoms with Crippen LogP contribution >= 0.6 is 11.3 Å². The summed E-state index contributed by atoms with van der Waals surface area (Å²) in [6, 6.07) is 0.809. The maximum absolute atomic E-state index is 14.1. The van der Waals surface area contributed by atoms with E-state index in [1.165, 1.54) is 6.92 Å². The molecule has 0 aromatic carbocycles. The Labute approximate surface area is 206 Å². The van der Waals surface area contributed by atoms with Crippen LogP contribution in [0.1, 0.15) is 73.3 Å². The maximum Gasteiger partial charge on any atom is 0.417 e. The standard InChI is InChI=1S/C23H30F3N5O3S/c1-12-7-6-8-31(12)21(34)17-18(35-20(29-17)19(33)28-10-13(2)32)14-11-27-16(30-22(3,4)5)9-15(14)23(24,25)26/h9,11-13,32H,6-8,10H2,1-5H3,(H,27,30)(H,28,33). The van der Waals surface area contributed by atoms with Gasteiger partial charge in [0.1, 0.15) is 11.5 Å². The highest BCUT2D eigenvalue weighted by Crippen LogP contribution is 2.42. The second kappa shape index (κ2) is 10.1. The number of carbonyl (C=O) groups excluding carboxylic acids is 2. The zero-order valence-corrected chi connectivity index (χ0v) is 21.1. The van der Waals surface area contributed by atoms with Crippen LogP contribution in [0.4, 0.5) is 19.0 Å². The number of aromatic nitrogens is 2. The number of likely N-dealkylation sites (tertiary alicyclic amines) is 1. The van der Waals surface area contributed by atoms with Gasteiger partial charge in [-0.1, -0.05) is 0 Å². The third kappa shape index (κ3) is 6.49. The molecule has 1 aliphatic heterocycles. The molecule has 8 nitrogen and oxygen atoms in total. The Morgan fingerprint density at radius 1 is 1.31 bits per heavy atom. The van der Waals surface area contributed by atoms with E-state index in [9.17, 15) is 27.9 Å². The number of thiazole rings is 1. The van der Waals surface area contributed by atoms with Crippen molar-refractivity contribution in [3.8, 4) is 10.4 Å². The predicted molar refractivity (Wildman–Crippen MR) is 127 cm³/mol. The first-order valence-corrected chi connectivity index (χ1v) is 12.1. The van der Waals surface area contributed by atoms with Gasteiger partial charge in [0.05, 0.1) is 16.5 Å². The van der Waals surface area contributed by atoms with Crippen molar-refractivity contribution in [3.05, 3.63) is 28.5 Å². The smallest absolute Gasteiger partial charge is 0.392 e. The van der Waals surface area contributed by atoms with Crippen LogP contribution in [0.5, 0.6) is 0 Å². The molecule has 1 fully saturated rings. The molecule has 192 valence electrons. The summed E-state index contributed by atoms with van der Waals surface area (Å²) in [5.41, 5.74) is -2.04. The molecule has 0 spiro atoms. The lowest BCUT2D eigenvalue weighted by molar-refractivity contribution is -0.137. The summed E-state index contributed by atoms with van der Waals surface area (Å²) in [5.74, 6) is -1.17. The number of pyridine rings is 1. The molecule has 0 saturated carbocycles. The molecular formula is C23H30F3N5O3S. The highest BCUT2D eigenvalue weighted by Gasteiger charge is 2.38. The molecule has 1 saturated heterocycles. The van der Waals surface area contributed by atoms with Gasteiger partial charge in [0.15, 0.2) is 5.01 Å². The monoisotopic (exact) mass is 513 g/mol. The van der Waals surface area contributed by atoms with Crippen LogP contribution in [0.15, 0.2) is 12.3 Å². The van der Waals surface area contributed by atoms with E-state index >= 15 is 0 Å². The second-order valence-electron chi connectivity index (χ2n) is 9.73. The highest BCUT2D eigenvalue weighted by atomic mass is 32.1. The van der Waals surface area contributed by atoms with Crippen LogP contribution in [-0.4, -0.2) is 62.6 Å². The molecule has 2 aromatic heterocycles. The van der Waals surface area contributed by atoms with Crippen molar-refractivity contribution in [2.24, 2.45) is 0 Å². The van der Waals surface area contributed by atoms with Gasteiger partial charge < -0.3 is 20.6 Å². The number of hydrogen-bond acceptors (Lipinski definition) is 7. The summed E-state index contributed by atoms with van der Waals surface area (Å²) >= 11 is 0.697. The van der Waals surface area contributed by atoms with Crippen LogP contribution in [0.3, 0.4) is 0 Å². The molecule has 3 N–H and O–H groups in total. The molecule has 2 aromatic rings. The SMILES string of the molecule is CC(O)CNC(=O)c1nc(C(=O)N2CCCC2C)c(-c2cnc(NC(C)(C)C)cc2C(F)(F)F)s1. The molecule has 12 heteroatoms. The van der Waals surface area contributed by atoms with Crippen LogP contribution < -0.4 is 10.6 Å². The molecular weight excluding hydrogens is 483 g/mol. The lowest BCUT2D eigenvalue weighted by atomic mass is 10.1. The van der Waals surface area contributed by atoms with E-state index in [1.54, 1.807) is 25.7 Å². The van der Waals surface area contributed by atoms with E-state index in [4.69, 9.17) is 0 Å². The number of rotatable bonds is 6. The highest BCUT2D eigenvalue weighted by molar-refractivity contribution is 7.17. The molecule has 0 radical (unpaired) electrons. The van der Waals surface area contributed by atoms with Crippen LogP contribution in [0, 0.1) is 0 Å². The summed E-state index contributed by atoms with van der Waals surface area (Å²) in [4.78, 5) is 35.8. The molecule has 3 heterocycles. The Balaban J connectivity index is 2.14. The summed E-state index contributed by atoms with van der Waals surface area (Å²) in [6.45, 7) is 9.12. The lowest BCUT2D eigenvalue weighted by Gasteiger charge is -2.23. The minimum atomic E-state index is -4.74. The fourth-order valence-electron chi connectivity index (χ4n) is 3.76. The van der Waals surface area contributed by atoms with E-state index in [0.29, 0.717) is 17.9 Å². The number of hydrogen-bond donors (Lipinski definition) is 3. The number of carbonyl (C=O) groups is 2. The van der Waals surface area contributed by atoms with Crippen molar-refractivity contribution in [3.63, 3.8) is 0 Å². The van der Waals surface area contributed by atoms with Gasteiger partial charge in [-0.05, 0) is 53.5 Å². The van der Waals surface area contributed by atoms with Crippen molar-refractivity contribution < 1.29 is 27.9 Å². The Bertz CT molecular complexity index is 1100. The minimum absolute atomic E-state index is 0.0361. The van der Waals surface area contributed by atoms with Gasteiger partial charge >= 0.3 is 6.18 Å². The average Bonchev–Trinajstić information content (AvgIpc) is 3.36. The van der Waals surface area contributed by atoms with Crippen molar-refractivity contribution in [1.82, 2.24) is 20.2 Å². The molecule has 2 atom stereocenters. The lowest BCUT2D eigenvalue weighted by Crippen LogP contribution is -2.34. The number of alkyl halides is 3.